The van der Waals surface area contributed by atoms with Gasteiger partial charge in [-0.2, -0.15) is 0 Å². The Hall–Kier alpha value is -1.02. The third kappa shape index (κ3) is 7.89. The molecule has 108 valence electrons. The summed E-state index contributed by atoms with van der Waals surface area (Å²) in [6.45, 7) is 8.43. The van der Waals surface area contributed by atoms with Crippen molar-refractivity contribution in [2.75, 3.05) is 6.54 Å². The summed E-state index contributed by atoms with van der Waals surface area (Å²) in [6, 6.07) is 8.39. The number of unbranched alkanes of at least 4 members (excludes halogenated alkanes) is 4. The van der Waals surface area contributed by atoms with Gasteiger partial charge in [0.25, 0.3) is 0 Å². The summed E-state index contributed by atoms with van der Waals surface area (Å²) < 4.78 is 5.63. The van der Waals surface area contributed by atoms with E-state index < -0.39 is 0 Å². The Morgan fingerprint density at radius 3 is 2.32 bits per heavy atom. The van der Waals surface area contributed by atoms with Crippen LogP contribution in [0.5, 0.6) is 5.75 Å². The van der Waals surface area contributed by atoms with E-state index in [0.29, 0.717) is 0 Å². The first-order valence-corrected chi connectivity index (χ1v) is 7.68. The summed E-state index contributed by atoms with van der Waals surface area (Å²) in [7, 11) is 0. The third-order valence-corrected chi connectivity index (χ3v) is 3.08. The lowest BCUT2D eigenvalue weighted by Crippen LogP contribution is -2.14. The van der Waals surface area contributed by atoms with E-state index in [4.69, 9.17) is 4.74 Å². The van der Waals surface area contributed by atoms with Crippen LogP contribution in [-0.2, 0) is 6.54 Å². The normalized spacial score (nSPS) is 10.9. The van der Waals surface area contributed by atoms with Crippen molar-refractivity contribution in [3.05, 3.63) is 29.8 Å². The third-order valence-electron chi connectivity index (χ3n) is 3.08. The van der Waals surface area contributed by atoms with Gasteiger partial charge in [-0.05, 0) is 44.5 Å². The van der Waals surface area contributed by atoms with E-state index >= 15 is 0 Å². The molecule has 0 bridgehead atoms. The lowest BCUT2D eigenvalue weighted by molar-refractivity contribution is 0.242. The van der Waals surface area contributed by atoms with Crippen molar-refractivity contribution in [2.24, 2.45) is 0 Å². The largest absolute Gasteiger partial charge is 0.491 e. The van der Waals surface area contributed by atoms with Crippen molar-refractivity contribution in [3.63, 3.8) is 0 Å². The van der Waals surface area contributed by atoms with Crippen molar-refractivity contribution < 1.29 is 4.74 Å². The average Bonchev–Trinajstić information content (AvgIpc) is 2.39. The number of hydrogen-bond donors (Lipinski definition) is 1. The van der Waals surface area contributed by atoms with Crippen molar-refractivity contribution in [1.82, 2.24) is 5.32 Å². The highest BCUT2D eigenvalue weighted by atomic mass is 16.5. The highest BCUT2D eigenvalue weighted by Crippen LogP contribution is 2.13. The maximum absolute atomic E-state index is 5.63. The minimum atomic E-state index is 0.243. The molecule has 1 rings (SSSR count). The Labute approximate surface area is 118 Å². The molecule has 0 fully saturated rings. The summed E-state index contributed by atoms with van der Waals surface area (Å²) in [6.07, 6.45) is 6.94. The zero-order valence-electron chi connectivity index (χ0n) is 12.7. The number of rotatable bonds is 10. The molecule has 2 nitrogen and oxygen atoms in total. The van der Waals surface area contributed by atoms with Crippen LogP contribution in [0.2, 0.25) is 0 Å². The van der Waals surface area contributed by atoms with Crippen LogP contribution in [0.3, 0.4) is 0 Å². The van der Waals surface area contributed by atoms with Gasteiger partial charge in [-0.3, -0.25) is 0 Å². The molecule has 0 aliphatic rings. The molecule has 19 heavy (non-hydrogen) atoms. The number of nitrogens with one attached hydrogen (secondary N) is 1. The van der Waals surface area contributed by atoms with Gasteiger partial charge in [-0.15, -0.1) is 0 Å². The second-order valence-electron chi connectivity index (χ2n) is 5.40. The fourth-order valence-corrected chi connectivity index (χ4v) is 2.04. The van der Waals surface area contributed by atoms with Crippen molar-refractivity contribution in [1.29, 1.82) is 0 Å². The standard InChI is InChI=1S/C17H29NO/c1-4-5-6-7-8-13-18-14-16-9-11-17(12-10-16)19-15(2)3/h9-12,15,18H,4-8,13-14H2,1-3H3. The zero-order chi connectivity index (χ0) is 13.9. The minimum Gasteiger partial charge on any atom is -0.491 e. The van der Waals surface area contributed by atoms with Gasteiger partial charge in [-0.1, -0.05) is 44.7 Å². The Morgan fingerprint density at radius 1 is 1.00 bits per heavy atom. The van der Waals surface area contributed by atoms with Crippen LogP contribution in [0.15, 0.2) is 24.3 Å². The summed E-state index contributed by atoms with van der Waals surface area (Å²) in [5.74, 6) is 0.957. The molecule has 0 saturated carbocycles. The lowest BCUT2D eigenvalue weighted by atomic mass is 10.1. The first kappa shape index (κ1) is 16.0. The van der Waals surface area contributed by atoms with Gasteiger partial charge in [0.2, 0.25) is 0 Å². The fourth-order valence-electron chi connectivity index (χ4n) is 2.04. The van der Waals surface area contributed by atoms with Crippen LogP contribution in [0, 0.1) is 0 Å². The van der Waals surface area contributed by atoms with Crippen molar-refractivity contribution in [2.45, 2.75) is 65.5 Å². The van der Waals surface area contributed by atoms with Gasteiger partial charge < -0.3 is 10.1 Å². The van der Waals surface area contributed by atoms with Crippen LogP contribution < -0.4 is 10.1 Å². The van der Waals surface area contributed by atoms with Gasteiger partial charge >= 0.3 is 0 Å². The van der Waals surface area contributed by atoms with E-state index in [2.05, 4.69) is 36.5 Å². The monoisotopic (exact) mass is 263 g/mol. The zero-order valence-corrected chi connectivity index (χ0v) is 12.7. The summed E-state index contributed by atoms with van der Waals surface area (Å²) in [5.41, 5.74) is 1.32. The van der Waals surface area contributed by atoms with Crippen LogP contribution in [0.25, 0.3) is 0 Å². The first-order chi connectivity index (χ1) is 9.22. The molecule has 0 amide bonds. The molecule has 0 unspecified atom stereocenters. The van der Waals surface area contributed by atoms with Gasteiger partial charge in [0.15, 0.2) is 0 Å². The minimum absolute atomic E-state index is 0.243. The maximum Gasteiger partial charge on any atom is 0.119 e. The smallest absolute Gasteiger partial charge is 0.119 e. The second-order valence-corrected chi connectivity index (χ2v) is 5.40. The fraction of sp³-hybridized carbons (Fsp3) is 0.647. The molecule has 0 aromatic heterocycles. The predicted molar refractivity (Wildman–Crippen MR) is 82.7 cm³/mol. The first-order valence-electron chi connectivity index (χ1n) is 7.68. The van der Waals surface area contributed by atoms with Crippen molar-refractivity contribution >= 4 is 0 Å². The molecule has 1 aromatic rings. The topological polar surface area (TPSA) is 21.3 Å². The Bertz CT molecular complexity index is 319. The predicted octanol–water partition coefficient (Wildman–Crippen LogP) is 4.53. The van der Waals surface area contributed by atoms with Gasteiger partial charge in [0.1, 0.15) is 5.75 Å². The molecular formula is C17H29NO. The lowest BCUT2D eigenvalue weighted by Gasteiger charge is -2.10. The van der Waals surface area contributed by atoms with Gasteiger partial charge in [0, 0.05) is 6.54 Å². The quantitative estimate of drug-likeness (QED) is 0.626. The molecule has 0 heterocycles. The molecule has 0 aliphatic heterocycles. The Morgan fingerprint density at radius 2 is 1.68 bits per heavy atom. The van der Waals surface area contributed by atoms with Crippen molar-refractivity contribution in [3.8, 4) is 5.75 Å². The van der Waals surface area contributed by atoms with E-state index in [1.54, 1.807) is 0 Å². The molecule has 0 spiro atoms. The summed E-state index contributed by atoms with van der Waals surface area (Å²) >= 11 is 0. The highest BCUT2D eigenvalue weighted by molar-refractivity contribution is 5.27. The maximum atomic E-state index is 5.63. The second kappa shape index (κ2) is 9.85. The Balaban J connectivity index is 2.12. The van der Waals surface area contributed by atoms with E-state index in [0.717, 1.165) is 18.8 Å². The van der Waals surface area contributed by atoms with Gasteiger partial charge in [-0.25, -0.2) is 0 Å². The number of benzene rings is 1. The number of hydrogen-bond acceptors (Lipinski definition) is 2. The molecule has 0 atom stereocenters. The SMILES string of the molecule is CCCCCCCNCc1ccc(OC(C)C)cc1. The van der Waals surface area contributed by atoms with Crippen LogP contribution in [-0.4, -0.2) is 12.6 Å². The van der Waals surface area contributed by atoms with Crippen LogP contribution in [0.1, 0.15) is 58.4 Å². The number of ether oxygens (including phenoxy) is 1. The van der Waals surface area contributed by atoms with Gasteiger partial charge in [0.05, 0.1) is 6.10 Å². The molecule has 0 radical (unpaired) electrons. The molecule has 2 heteroatoms. The summed E-state index contributed by atoms with van der Waals surface area (Å²) in [4.78, 5) is 0. The van der Waals surface area contributed by atoms with E-state index in [1.165, 1.54) is 37.7 Å². The highest BCUT2D eigenvalue weighted by Gasteiger charge is 1.98. The molecule has 0 aliphatic carbocycles. The van der Waals surface area contributed by atoms with Crippen LogP contribution in [0.4, 0.5) is 0 Å². The van der Waals surface area contributed by atoms with E-state index in [9.17, 15) is 0 Å². The van der Waals surface area contributed by atoms with E-state index in [-0.39, 0.29) is 6.10 Å². The molecular weight excluding hydrogens is 234 g/mol. The Kier molecular flexibility index (Phi) is 8.31. The average molecular weight is 263 g/mol. The van der Waals surface area contributed by atoms with Crippen LogP contribution >= 0.6 is 0 Å². The molecule has 1 aromatic carbocycles. The van der Waals surface area contributed by atoms with E-state index in [1.807, 2.05) is 13.8 Å². The summed E-state index contributed by atoms with van der Waals surface area (Å²) in [5, 5.41) is 3.50. The molecule has 1 N–H and O–H groups in total. The molecule has 0 saturated heterocycles.